The summed E-state index contributed by atoms with van der Waals surface area (Å²) in [7, 11) is 0. The van der Waals surface area contributed by atoms with E-state index >= 15 is 0 Å². The number of thiazole rings is 1. The normalized spacial score (nSPS) is 16.1. The molecule has 202 valence electrons. The smallest absolute Gasteiger partial charge is 0.273 e. The minimum Gasteiger partial charge on any atom is -0.457 e. The van der Waals surface area contributed by atoms with Gasteiger partial charge >= 0.3 is 0 Å². The van der Waals surface area contributed by atoms with Crippen LogP contribution in [0.4, 0.5) is 5.69 Å². The van der Waals surface area contributed by atoms with Gasteiger partial charge in [0, 0.05) is 33.9 Å². The van der Waals surface area contributed by atoms with Crippen LogP contribution >= 0.6 is 22.9 Å². The average Bonchev–Trinajstić information content (AvgIpc) is 3.56. The molecule has 9 heteroatoms. The molecule has 0 amide bonds. The van der Waals surface area contributed by atoms with Crippen LogP contribution in [0.15, 0.2) is 98.6 Å². The SMILES string of the molecule is Cc1ccc(-c2ccc(C=c3sc4n(c3=O)[C@@H](c3ccccc3Cl)C3=C(N=4)c4ccccc4CC3)o2)cc1[N+](=O)[O-]. The van der Waals surface area contributed by atoms with Crippen LogP contribution in [0.1, 0.15) is 40.5 Å². The number of hydrogen-bond donors (Lipinski definition) is 0. The van der Waals surface area contributed by atoms with Crippen LogP contribution in [0.2, 0.25) is 5.02 Å². The molecular weight excluding hydrogens is 558 g/mol. The summed E-state index contributed by atoms with van der Waals surface area (Å²) < 4.78 is 8.25. The summed E-state index contributed by atoms with van der Waals surface area (Å²) >= 11 is 8.02. The first kappa shape index (κ1) is 25.4. The number of furan rings is 1. The van der Waals surface area contributed by atoms with Crippen LogP contribution in [-0.4, -0.2) is 9.49 Å². The lowest BCUT2D eigenvalue weighted by molar-refractivity contribution is -0.385. The summed E-state index contributed by atoms with van der Waals surface area (Å²) in [5.41, 5.74) is 6.20. The Kier molecular flexibility index (Phi) is 6.10. The number of halogens is 1. The van der Waals surface area contributed by atoms with Crippen LogP contribution in [-0.2, 0) is 6.42 Å². The fraction of sp³-hybridized carbons (Fsp3) is 0.125. The lowest BCUT2D eigenvalue weighted by Gasteiger charge is -2.31. The van der Waals surface area contributed by atoms with E-state index < -0.39 is 4.92 Å². The van der Waals surface area contributed by atoms with Crippen molar-refractivity contribution in [2.45, 2.75) is 25.8 Å². The first-order chi connectivity index (χ1) is 19.9. The molecule has 0 unspecified atom stereocenters. The molecule has 0 spiro atoms. The minimum absolute atomic E-state index is 0.0267. The number of aryl methyl sites for hydroxylation is 2. The zero-order valence-electron chi connectivity index (χ0n) is 21.8. The molecule has 1 aliphatic heterocycles. The number of fused-ring (bicyclic) bond motifs is 3. The highest BCUT2D eigenvalue weighted by molar-refractivity contribution is 7.07. The third-order valence-electron chi connectivity index (χ3n) is 7.66. The average molecular weight is 580 g/mol. The van der Waals surface area contributed by atoms with E-state index in [1.807, 2.05) is 36.4 Å². The highest BCUT2D eigenvalue weighted by atomic mass is 35.5. The van der Waals surface area contributed by atoms with Gasteiger partial charge in [-0.05, 0) is 54.7 Å². The van der Waals surface area contributed by atoms with Gasteiger partial charge in [0.15, 0.2) is 4.80 Å². The Morgan fingerprint density at radius 3 is 2.71 bits per heavy atom. The highest BCUT2D eigenvalue weighted by Gasteiger charge is 2.33. The Labute approximate surface area is 243 Å². The maximum Gasteiger partial charge on any atom is 0.273 e. The van der Waals surface area contributed by atoms with Gasteiger partial charge in [-0.3, -0.25) is 19.5 Å². The summed E-state index contributed by atoms with van der Waals surface area (Å²) in [4.78, 5) is 30.6. The van der Waals surface area contributed by atoms with E-state index in [2.05, 4.69) is 12.1 Å². The number of aromatic nitrogens is 1. The van der Waals surface area contributed by atoms with Crippen molar-refractivity contribution in [1.82, 2.24) is 4.57 Å². The molecule has 7 rings (SSSR count). The molecule has 0 radical (unpaired) electrons. The van der Waals surface area contributed by atoms with E-state index in [0.717, 1.165) is 35.2 Å². The molecule has 3 heterocycles. The first-order valence-electron chi connectivity index (χ1n) is 13.1. The van der Waals surface area contributed by atoms with Crippen LogP contribution in [0.5, 0.6) is 0 Å². The molecule has 3 aromatic carbocycles. The van der Waals surface area contributed by atoms with Crippen LogP contribution in [0, 0.1) is 17.0 Å². The molecule has 2 aliphatic rings. The van der Waals surface area contributed by atoms with Crippen molar-refractivity contribution in [3.05, 3.63) is 147 Å². The lowest BCUT2D eigenvalue weighted by Crippen LogP contribution is -2.38. The molecule has 0 saturated carbocycles. The van der Waals surface area contributed by atoms with E-state index in [1.54, 1.807) is 41.8 Å². The van der Waals surface area contributed by atoms with Crippen molar-refractivity contribution in [3.8, 4) is 11.3 Å². The Hall–Kier alpha value is -4.53. The predicted octanol–water partition coefficient (Wildman–Crippen LogP) is 6.45. The van der Waals surface area contributed by atoms with Gasteiger partial charge in [-0.15, -0.1) is 0 Å². The molecule has 1 atom stereocenters. The highest BCUT2D eigenvalue weighted by Crippen LogP contribution is 2.42. The van der Waals surface area contributed by atoms with E-state index in [1.165, 1.54) is 23.0 Å². The Morgan fingerprint density at radius 2 is 1.88 bits per heavy atom. The molecule has 0 N–H and O–H groups in total. The van der Waals surface area contributed by atoms with Crippen molar-refractivity contribution < 1.29 is 9.34 Å². The fourth-order valence-electron chi connectivity index (χ4n) is 5.67. The Balaban J connectivity index is 1.38. The van der Waals surface area contributed by atoms with Crippen LogP contribution < -0.4 is 14.9 Å². The van der Waals surface area contributed by atoms with Gasteiger partial charge in [-0.25, -0.2) is 4.99 Å². The summed E-state index contributed by atoms with van der Waals surface area (Å²) in [5.74, 6) is 0.949. The predicted molar refractivity (Wildman–Crippen MR) is 160 cm³/mol. The number of rotatable bonds is 4. The number of nitrogens with zero attached hydrogens (tertiary/aromatic N) is 3. The first-order valence-corrected chi connectivity index (χ1v) is 14.3. The Morgan fingerprint density at radius 1 is 1.07 bits per heavy atom. The molecule has 0 fully saturated rings. The van der Waals surface area contributed by atoms with Gasteiger partial charge in [-0.2, -0.15) is 0 Å². The largest absolute Gasteiger partial charge is 0.457 e. The standard InChI is InChI=1S/C32H22ClN3O4S/c1-18-10-11-20(16-26(18)36(38)39)27-15-13-21(40-27)17-28-31(37)35-30(23-8-4-5-9-25(23)33)24-14-12-19-6-2-3-7-22(19)29(24)34-32(35)41-28/h2-11,13,15-17,30H,12,14H2,1H3/t30-/m0/s1. The second-order valence-corrected chi connectivity index (χ2v) is 11.5. The maximum absolute atomic E-state index is 14.0. The monoisotopic (exact) mass is 579 g/mol. The van der Waals surface area contributed by atoms with Gasteiger partial charge < -0.3 is 4.42 Å². The van der Waals surface area contributed by atoms with E-state index in [4.69, 9.17) is 21.0 Å². The van der Waals surface area contributed by atoms with Crippen molar-refractivity contribution in [2.24, 2.45) is 4.99 Å². The lowest BCUT2D eigenvalue weighted by atomic mass is 9.83. The second kappa shape index (κ2) is 9.83. The second-order valence-electron chi connectivity index (χ2n) is 10.1. The maximum atomic E-state index is 14.0. The fourth-order valence-corrected chi connectivity index (χ4v) is 6.89. The molecule has 1 aliphatic carbocycles. The summed E-state index contributed by atoms with van der Waals surface area (Å²) in [5, 5.41) is 12.0. The molecule has 2 aromatic heterocycles. The van der Waals surface area contributed by atoms with Gasteiger partial charge in [0.25, 0.3) is 11.2 Å². The zero-order valence-corrected chi connectivity index (χ0v) is 23.4. The molecule has 0 saturated heterocycles. The van der Waals surface area contributed by atoms with E-state index in [9.17, 15) is 14.9 Å². The van der Waals surface area contributed by atoms with Crippen molar-refractivity contribution in [3.63, 3.8) is 0 Å². The van der Waals surface area contributed by atoms with E-state index in [0.29, 0.717) is 37.0 Å². The van der Waals surface area contributed by atoms with Crippen LogP contribution in [0.3, 0.4) is 0 Å². The third-order valence-corrected chi connectivity index (χ3v) is 8.99. The molecular formula is C32H22ClN3O4S. The third kappa shape index (κ3) is 4.27. The van der Waals surface area contributed by atoms with Crippen molar-refractivity contribution in [1.29, 1.82) is 0 Å². The van der Waals surface area contributed by atoms with Crippen molar-refractivity contribution in [2.75, 3.05) is 0 Å². The summed E-state index contributed by atoms with van der Waals surface area (Å²) in [6, 6.07) is 24.0. The number of nitro benzene ring substituents is 1. The van der Waals surface area contributed by atoms with Crippen LogP contribution in [0.25, 0.3) is 23.1 Å². The molecule has 7 nitrogen and oxygen atoms in total. The zero-order chi connectivity index (χ0) is 28.2. The number of nitro groups is 1. The summed E-state index contributed by atoms with van der Waals surface area (Å²) in [6.45, 7) is 1.70. The topological polar surface area (TPSA) is 90.6 Å². The van der Waals surface area contributed by atoms with Gasteiger partial charge in [-0.1, -0.05) is 77.5 Å². The minimum atomic E-state index is -0.406. The number of allylic oxidation sites excluding steroid dienone is 1. The Bertz CT molecular complexity index is 2100. The van der Waals surface area contributed by atoms with Gasteiger partial charge in [0.2, 0.25) is 0 Å². The number of benzene rings is 3. The number of hydrogen-bond acceptors (Lipinski definition) is 6. The molecule has 0 bridgehead atoms. The molecule has 5 aromatic rings. The molecule has 41 heavy (non-hydrogen) atoms. The summed E-state index contributed by atoms with van der Waals surface area (Å²) in [6.07, 6.45) is 3.35. The quantitative estimate of drug-likeness (QED) is 0.181. The van der Waals surface area contributed by atoms with Crippen molar-refractivity contribution >= 4 is 40.4 Å². The van der Waals surface area contributed by atoms with Gasteiger partial charge in [0.05, 0.1) is 21.2 Å². The van der Waals surface area contributed by atoms with Gasteiger partial charge in [0.1, 0.15) is 11.5 Å². The van der Waals surface area contributed by atoms with E-state index in [-0.39, 0.29) is 17.3 Å².